The second-order valence-corrected chi connectivity index (χ2v) is 6.04. The topological polar surface area (TPSA) is 38.8 Å². The molecular weight excluding hydrogens is 249 g/mol. The van der Waals surface area contributed by atoms with Crippen LogP contribution in [-0.4, -0.2) is 23.9 Å². The minimum Gasteiger partial charge on any atom is -0.292 e. The largest absolute Gasteiger partial charge is 0.435 e. The Morgan fingerprint density at radius 1 is 1.17 bits per heavy atom. The third-order valence-corrected chi connectivity index (χ3v) is 4.91. The van der Waals surface area contributed by atoms with Crippen molar-refractivity contribution in [2.24, 2.45) is 0 Å². The first kappa shape index (κ1) is 15.5. The second kappa shape index (κ2) is 7.78. The molecule has 4 nitrogen and oxygen atoms in total. The number of nitrogens with zero attached hydrogens (tertiary/aromatic N) is 1. The van der Waals surface area contributed by atoms with Gasteiger partial charge in [0.25, 0.3) is 0 Å². The highest BCUT2D eigenvalue weighted by molar-refractivity contribution is 7.51. The van der Waals surface area contributed by atoms with Crippen LogP contribution in [0.5, 0.6) is 0 Å². The van der Waals surface area contributed by atoms with Crippen molar-refractivity contribution in [2.45, 2.75) is 46.1 Å². The van der Waals surface area contributed by atoms with E-state index in [0.717, 1.165) is 19.3 Å². The molecule has 0 spiro atoms. The van der Waals surface area contributed by atoms with Gasteiger partial charge in [0.05, 0.1) is 19.3 Å². The summed E-state index contributed by atoms with van der Waals surface area (Å²) in [7, 11) is -3.20. The van der Waals surface area contributed by atoms with Crippen LogP contribution in [0.25, 0.3) is 0 Å². The van der Waals surface area contributed by atoms with E-state index in [1.807, 2.05) is 32.2 Å². The van der Waals surface area contributed by atoms with Crippen LogP contribution in [0.4, 0.5) is 0 Å². The fraction of sp³-hybridized carbons (Fsp3) is 0.692. The van der Waals surface area contributed by atoms with Gasteiger partial charge in [-0.2, -0.15) is 0 Å². The predicted molar refractivity (Wildman–Crippen MR) is 74.3 cm³/mol. The molecule has 0 fully saturated rings. The third-order valence-electron chi connectivity index (χ3n) is 2.74. The van der Waals surface area contributed by atoms with Gasteiger partial charge in [-0.05, 0) is 26.3 Å². The minimum absolute atomic E-state index is 0.0962. The SMILES string of the molecule is CCCCC1C=CC=CN1P(=O)(OCC)OCC. The molecule has 0 aromatic carbocycles. The van der Waals surface area contributed by atoms with Crippen LogP contribution in [0.2, 0.25) is 0 Å². The molecule has 1 unspecified atom stereocenters. The van der Waals surface area contributed by atoms with Gasteiger partial charge in [0.2, 0.25) is 0 Å². The highest BCUT2D eigenvalue weighted by Crippen LogP contribution is 2.54. The van der Waals surface area contributed by atoms with Crippen molar-refractivity contribution in [1.29, 1.82) is 0 Å². The maximum atomic E-state index is 12.7. The average molecular weight is 273 g/mol. The first-order valence-electron chi connectivity index (χ1n) is 6.70. The molecule has 0 aromatic heterocycles. The van der Waals surface area contributed by atoms with E-state index in [9.17, 15) is 4.57 Å². The summed E-state index contributed by atoms with van der Waals surface area (Å²) < 4.78 is 25.3. The van der Waals surface area contributed by atoms with Gasteiger partial charge in [0, 0.05) is 6.20 Å². The Balaban J connectivity index is 2.83. The molecular formula is C13H24NO3P. The highest BCUT2D eigenvalue weighted by Gasteiger charge is 2.35. The molecule has 0 aromatic rings. The monoisotopic (exact) mass is 273 g/mol. The Kier molecular flexibility index (Phi) is 6.69. The zero-order valence-corrected chi connectivity index (χ0v) is 12.4. The summed E-state index contributed by atoms with van der Waals surface area (Å²) in [5.74, 6) is 0. The molecule has 0 radical (unpaired) electrons. The fourth-order valence-electron chi connectivity index (χ4n) is 1.93. The van der Waals surface area contributed by atoms with Crippen LogP contribution in [0.3, 0.4) is 0 Å². The molecule has 1 aliphatic rings. The summed E-state index contributed by atoms with van der Waals surface area (Å²) in [6.45, 7) is 6.57. The van der Waals surface area contributed by atoms with E-state index >= 15 is 0 Å². The molecule has 0 bridgehead atoms. The average Bonchev–Trinajstić information content (AvgIpc) is 2.37. The Morgan fingerprint density at radius 2 is 1.83 bits per heavy atom. The summed E-state index contributed by atoms with van der Waals surface area (Å²) >= 11 is 0. The summed E-state index contributed by atoms with van der Waals surface area (Å²) in [6.07, 6.45) is 10.9. The van der Waals surface area contributed by atoms with Crippen molar-refractivity contribution in [3.63, 3.8) is 0 Å². The number of hydrogen-bond donors (Lipinski definition) is 0. The van der Waals surface area contributed by atoms with E-state index in [1.165, 1.54) is 0 Å². The van der Waals surface area contributed by atoms with Gasteiger partial charge in [-0.15, -0.1) is 0 Å². The zero-order valence-electron chi connectivity index (χ0n) is 11.5. The maximum Gasteiger partial charge on any atom is 0.435 e. The van der Waals surface area contributed by atoms with Gasteiger partial charge >= 0.3 is 7.75 Å². The molecule has 0 aliphatic carbocycles. The Labute approximate surface area is 110 Å². The molecule has 1 atom stereocenters. The van der Waals surface area contributed by atoms with Crippen LogP contribution >= 0.6 is 7.75 Å². The highest BCUT2D eigenvalue weighted by atomic mass is 31.2. The molecule has 0 saturated heterocycles. The summed E-state index contributed by atoms with van der Waals surface area (Å²) in [4.78, 5) is 0. The number of hydrogen-bond acceptors (Lipinski definition) is 3. The minimum atomic E-state index is -3.20. The molecule has 18 heavy (non-hydrogen) atoms. The van der Waals surface area contributed by atoms with E-state index < -0.39 is 7.75 Å². The molecule has 0 saturated carbocycles. The van der Waals surface area contributed by atoms with Crippen LogP contribution < -0.4 is 0 Å². The number of unbranched alkanes of at least 4 members (excludes halogenated alkanes) is 1. The van der Waals surface area contributed by atoms with Crippen molar-refractivity contribution >= 4 is 7.75 Å². The molecule has 1 aliphatic heterocycles. The number of rotatable bonds is 8. The van der Waals surface area contributed by atoms with Gasteiger partial charge in [-0.3, -0.25) is 13.7 Å². The molecule has 1 rings (SSSR count). The lowest BCUT2D eigenvalue weighted by molar-refractivity contribution is 0.173. The maximum absolute atomic E-state index is 12.7. The van der Waals surface area contributed by atoms with Gasteiger partial charge in [-0.25, -0.2) is 4.57 Å². The van der Waals surface area contributed by atoms with Crippen LogP contribution in [0.15, 0.2) is 24.4 Å². The smallest absolute Gasteiger partial charge is 0.292 e. The third kappa shape index (κ3) is 3.98. The van der Waals surface area contributed by atoms with E-state index in [1.54, 1.807) is 4.67 Å². The van der Waals surface area contributed by atoms with Gasteiger partial charge in [-0.1, -0.05) is 31.9 Å². The quantitative estimate of drug-likeness (QED) is 0.624. The van der Waals surface area contributed by atoms with Crippen LogP contribution in [-0.2, 0) is 13.6 Å². The summed E-state index contributed by atoms with van der Waals surface area (Å²) in [6, 6.07) is 0.0962. The lowest BCUT2D eigenvalue weighted by Crippen LogP contribution is -2.29. The van der Waals surface area contributed by atoms with Gasteiger partial charge in [0.1, 0.15) is 0 Å². The first-order chi connectivity index (χ1) is 8.68. The fourth-order valence-corrected chi connectivity index (χ4v) is 3.72. The van der Waals surface area contributed by atoms with Crippen LogP contribution in [0, 0.1) is 0 Å². The number of allylic oxidation sites excluding steroid dienone is 2. The lowest BCUT2D eigenvalue weighted by atomic mass is 10.1. The van der Waals surface area contributed by atoms with Crippen molar-refractivity contribution in [2.75, 3.05) is 13.2 Å². The molecule has 0 amide bonds. The van der Waals surface area contributed by atoms with Crippen molar-refractivity contribution < 1.29 is 13.6 Å². The zero-order chi connectivity index (χ0) is 13.4. The second-order valence-electron chi connectivity index (χ2n) is 4.12. The van der Waals surface area contributed by atoms with E-state index in [0.29, 0.717) is 13.2 Å². The Morgan fingerprint density at radius 3 is 2.39 bits per heavy atom. The van der Waals surface area contributed by atoms with Gasteiger partial charge < -0.3 is 0 Å². The van der Waals surface area contributed by atoms with Gasteiger partial charge in [0.15, 0.2) is 0 Å². The first-order valence-corrected chi connectivity index (χ1v) is 8.20. The van der Waals surface area contributed by atoms with Crippen molar-refractivity contribution in [3.8, 4) is 0 Å². The molecule has 5 heteroatoms. The van der Waals surface area contributed by atoms with Crippen molar-refractivity contribution in [3.05, 3.63) is 24.4 Å². The predicted octanol–water partition coefficient (Wildman–Crippen LogP) is 4.11. The Bertz CT molecular complexity index is 331. The van der Waals surface area contributed by atoms with E-state index in [2.05, 4.69) is 13.0 Å². The summed E-state index contributed by atoms with van der Waals surface area (Å²) in [5, 5.41) is 0. The lowest BCUT2D eigenvalue weighted by Gasteiger charge is -2.35. The standard InChI is InChI=1S/C13H24NO3P/c1-4-7-10-13-11-8-9-12-14(13)18(15,16-5-2)17-6-3/h8-9,11-13H,4-7,10H2,1-3H3. The molecule has 104 valence electrons. The molecule has 1 heterocycles. The summed E-state index contributed by atoms with van der Waals surface area (Å²) in [5.41, 5.74) is 0. The van der Waals surface area contributed by atoms with E-state index in [-0.39, 0.29) is 6.04 Å². The molecule has 0 N–H and O–H groups in total. The van der Waals surface area contributed by atoms with Crippen LogP contribution in [0.1, 0.15) is 40.0 Å². The Hall–Kier alpha value is -0.570. The van der Waals surface area contributed by atoms with E-state index in [4.69, 9.17) is 9.05 Å². The normalized spacial score (nSPS) is 19.5. The van der Waals surface area contributed by atoms with Crippen molar-refractivity contribution in [1.82, 2.24) is 4.67 Å².